The Morgan fingerprint density at radius 3 is 3.00 bits per heavy atom. The van der Waals surface area contributed by atoms with Gasteiger partial charge in [-0.25, -0.2) is 4.98 Å². The molecule has 94 valence electrons. The van der Waals surface area contributed by atoms with Crippen LogP contribution in [0.2, 0.25) is 0 Å². The molecule has 0 saturated carbocycles. The molecule has 1 fully saturated rings. The summed E-state index contributed by atoms with van der Waals surface area (Å²) in [4.78, 5) is 16.4. The van der Waals surface area contributed by atoms with Gasteiger partial charge in [0.25, 0.3) is 0 Å². The van der Waals surface area contributed by atoms with Crippen molar-refractivity contribution in [3.05, 3.63) is 16.6 Å². The third kappa shape index (κ3) is 3.04. The van der Waals surface area contributed by atoms with Crippen LogP contribution in [0, 0.1) is 0 Å². The van der Waals surface area contributed by atoms with E-state index < -0.39 is 0 Å². The van der Waals surface area contributed by atoms with Crippen LogP contribution in [-0.4, -0.2) is 23.5 Å². The van der Waals surface area contributed by atoms with Crippen LogP contribution in [0.15, 0.2) is 11.6 Å². The van der Waals surface area contributed by atoms with Gasteiger partial charge in [0.05, 0.1) is 11.6 Å². The monoisotopic (exact) mass is 253 g/mol. The molecule has 1 aromatic rings. The summed E-state index contributed by atoms with van der Waals surface area (Å²) in [7, 11) is 0. The van der Waals surface area contributed by atoms with Crippen molar-refractivity contribution in [3.63, 3.8) is 0 Å². The average Bonchev–Trinajstić information content (AvgIpc) is 2.84. The molecule has 5 heteroatoms. The average molecular weight is 253 g/mol. The molecular formula is C12H19N3OS. The molecule has 0 radical (unpaired) electrons. The van der Waals surface area contributed by atoms with Crippen LogP contribution >= 0.6 is 11.3 Å². The molecule has 4 nitrogen and oxygen atoms in total. The summed E-state index contributed by atoms with van der Waals surface area (Å²) in [6.07, 6.45) is 5.00. The molecule has 1 aliphatic rings. The smallest absolute Gasteiger partial charge is 0.237 e. The first kappa shape index (κ1) is 12.5. The van der Waals surface area contributed by atoms with E-state index in [4.69, 9.17) is 0 Å². The van der Waals surface area contributed by atoms with Gasteiger partial charge in [-0.05, 0) is 33.2 Å². The molecule has 2 rings (SSSR count). The SMILES string of the molecule is CC(C)(NC(=O)[C@@H]1CCCCN1)c1nccs1. The Morgan fingerprint density at radius 1 is 1.59 bits per heavy atom. The van der Waals surface area contributed by atoms with Gasteiger partial charge >= 0.3 is 0 Å². The summed E-state index contributed by atoms with van der Waals surface area (Å²) in [6.45, 7) is 4.93. The van der Waals surface area contributed by atoms with Crippen molar-refractivity contribution in [2.45, 2.75) is 44.7 Å². The molecule has 0 aliphatic carbocycles. The van der Waals surface area contributed by atoms with Gasteiger partial charge in [0.1, 0.15) is 5.01 Å². The van der Waals surface area contributed by atoms with E-state index in [2.05, 4.69) is 15.6 Å². The fourth-order valence-corrected chi connectivity index (χ4v) is 2.77. The van der Waals surface area contributed by atoms with Crippen molar-refractivity contribution in [2.24, 2.45) is 0 Å². The topological polar surface area (TPSA) is 54.0 Å². The zero-order valence-corrected chi connectivity index (χ0v) is 11.1. The maximum absolute atomic E-state index is 12.1. The van der Waals surface area contributed by atoms with Gasteiger partial charge in [0, 0.05) is 11.6 Å². The molecule has 0 unspecified atom stereocenters. The molecule has 2 N–H and O–H groups in total. The van der Waals surface area contributed by atoms with Gasteiger partial charge in [-0.1, -0.05) is 6.42 Å². The number of carbonyl (C=O) groups excluding carboxylic acids is 1. The Bertz CT molecular complexity index is 369. The minimum atomic E-state index is -0.385. The number of thiazole rings is 1. The fraction of sp³-hybridized carbons (Fsp3) is 0.667. The molecule has 17 heavy (non-hydrogen) atoms. The lowest BCUT2D eigenvalue weighted by Crippen LogP contribution is -2.52. The van der Waals surface area contributed by atoms with Crippen molar-refractivity contribution in [2.75, 3.05) is 6.54 Å². The first-order chi connectivity index (χ1) is 8.09. The van der Waals surface area contributed by atoms with Gasteiger partial charge in [-0.15, -0.1) is 11.3 Å². The minimum Gasteiger partial charge on any atom is -0.343 e. The van der Waals surface area contributed by atoms with E-state index in [1.165, 1.54) is 6.42 Å². The van der Waals surface area contributed by atoms with E-state index in [0.717, 1.165) is 24.4 Å². The summed E-state index contributed by atoms with van der Waals surface area (Å²) in [5, 5.41) is 9.21. The summed E-state index contributed by atoms with van der Waals surface area (Å²) >= 11 is 1.57. The van der Waals surface area contributed by atoms with E-state index in [1.807, 2.05) is 19.2 Å². The molecule has 0 spiro atoms. The van der Waals surface area contributed by atoms with E-state index in [0.29, 0.717) is 0 Å². The second kappa shape index (κ2) is 5.14. The standard InChI is InChI=1S/C12H19N3OS/c1-12(2,11-14-7-8-17-11)15-10(16)9-5-3-4-6-13-9/h7-9,13H,3-6H2,1-2H3,(H,15,16)/t9-/m0/s1. The lowest BCUT2D eigenvalue weighted by Gasteiger charge is -2.29. The Balaban J connectivity index is 1.97. The van der Waals surface area contributed by atoms with E-state index in [9.17, 15) is 4.79 Å². The Labute approximate surface area is 106 Å². The van der Waals surface area contributed by atoms with Crippen LogP contribution in [0.1, 0.15) is 38.1 Å². The predicted octanol–water partition coefficient (Wildman–Crippen LogP) is 1.64. The highest BCUT2D eigenvalue weighted by atomic mass is 32.1. The van der Waals surface area contributed by atoms with Gasteiger partial charge in [-0.3, -0.25) is 4.79 Å². The van der Waals surface area contributed by atoms with Crippen molar-refractivity contribution in [1.29, 1.82) is 0 Å². The van der Waals surface area contributed by atoms with Gasteiger partial charge in [-0.2, -0.15) is 0 Å². The number of nitrogens with zero attached hydrogens (tertiary/aromatic N) is 1. The predicted molar refractivity (Wildman–Crippen MR) is 68.9 cm³/mol. The van der Waals surface area contributed by atoms with Crippen LogP contribution in [0.3, 0.4) is 0 Å². The molecule has 2 heterocycles. The lowest BCUT2D eigenvalue weighted by molar-refractivity contribution is -0.125. The van der Waals surface area contributed by atoms with Crippen LogP contribution in [0.5, 0.6) is 0 Å². The van der Waals surface area contributed by atoms with Gasteiger partial charge in [0.2, 0.25) is 5.91 Å². The number of piperidine rings is 1. The molecule has 1 aliphatic heterocycles. The second-order valence-electron chi connectivity index (χ2n) is 4.95. The fourth-order valence-electron chi connectivity index (χ4n) is 2.06. The van der Waals surface area contributed by atoms with Crippen molar-refractivity contribution >= 4 is 17.2 Å². The van der Waals surface area contributed by atoms with E-state index in [1.54, 1.807) is 17.5 Å². The lowest BCUT2D eigenvalue weighted by atomic mass is 10.0. The summed E-state index contributed by atoms with van der Waals surface area (Å²) in [6, 6.07) is -0.0389. The zero-order valence-electron chi connectivity index (χ0n) is 10.3. The maximum Gasteiger partial charge on any atom is 0.237 e. The van der Waals surface area contributed by atoms with E-state index in [-0.39, 0.29) is 17.5 Å². The van der Waals surface area contributed by atoms with Crippen molar-refractivity contribution in [3.8, 4) is 0 Å². The third-order valence-electron chi connectivity index (χ3n) is 3.03. The van der Waals surface area contributed by atoms with E-state index >= 15 is 0 Å². The molecule has 0 bridgehead atoms. The van der Waals surface area contributed by atoms with Crippen molar-refractivity contribution < 1.29 is 4.79 Å². The third-order valence-corrected chi connectivity index (χ3v) is 4.13. The number of hydrogen-bond donors (Lipinski definition) is 2. The molecule has 1 amide bonds. The summed E-state index contributed by atoms with van der Waals surface area (Å²) < 4.78 is 0. The minimum absolute atomic E-state index is 0.0389. The summed E-state index contributed by atoms with van der Waals surface area (Å²) in [5.41, 5.74) is -0.385. The zero-order chi connectivity index (χ0) is 12.3. The van der Waals surface area contributed by atoms with Gasteiger partial charge in [0.15, 0.2) is 0 Å². The van der Waals surface area contributed by atoms with Crippen molar-refractivity contribution in [1.82, 2.24) is 15.6 Å². The normalized spacial score (nSPS) is 21.2. The highest BCUT2D eigenvalue weighted by Crippen LogP contribution is 2.22. The molecule has 0 aromatic carbocycles. The first-order valence-corrected chi connectivity index (χ1v) is 6.93. The molecular weight excluding hydrogens is 234 g/mol. The quantitative estimate of drug-likeness (QED) is 0.861. The Hall–Kier alpha value is -0.940. The molecule has 1 aromatic heterocycles. The van der Waals surface area contributed by atoms with Crippen LogP contribution < -0.4 is 10.6 Å². The van der Waals surface area contributed by atoms with Crippen LogP contribution in [0.4, 0.5) is 0 Å². The number of carbonyl (C=O) groups is 1. The second-order valence-corrected chi connectivity index (χ2v) is 5.85. The highest BCUT2D eigenvalue weighted by molar-refractivity contribution is 7.09. The summed E-state index contributed by atoms with van der Waals surface area (Å²) in [5.74, 6) is 0.0879. The number of rotatable bonds is 3. The Morgan fingerprint density at radius 2 is 2.41 bits per heavy atom. The maximum atomic E-state index is 12.1. The highest BCUT2D eigenvalue weighted by Gasteiger charge is 2.29. The van der Waals surface area contributed by atoms with Gasteiger partial charge < -0.3 is 10.6 Å². The number of nitrogens with one attached hydrogen (secondary N) is 2. The Kier molecular flexibility index (Phi) is 3.79. The molecule has 1 saturated heterocycles. The number of amides is 1. The largest absolute Gasteiger partial charge is 0.343 e. The first-order valence-electron chi connectivity index (χ1n) is 6.05. The number of hydrogen-bond acceptors (Lipinski definition) is 4. The molecule has 1 atom stereocenters. The van der Waals surface area contributed by atoms with Crippen LogP contribution in [0.25, 0.3) is 0 Å². The van der Waals surface area contributed by atoms with Crippen LogP contribution in [-0.2, 0) is 10.3 Å². The number of aromatic nitrogens is 1.